The monoisotopic (exact) mass is 338 g/mol. The highest BCUT2D eigenvalue weighted by molar-refractivity contribution is 6.37. The van der Waals surface area contributed by atoms with Gasteiger partial charge in [-0.2, -0.15) is 0 Å². The molecule has 0 fully saturated rings. The lowest BCUT2D eigenvalue weighted by Gasteiger charge is -2.33. The molecule has 2 heterocycles. The number of ketones is 3. The van der Waals surface area contributed by atoms with Crippen LogP contribution >= 0.6 is 0 Å². The molecule has 7 nitrogen and oxygen atoms in total. The van der Waals surface area contributed by atoms with Gasteiger partial charge in [0.05, 0.1) is 23.3 Å². The van der Waals surface area contributed by atoms with Crippen LogP contribution in [0.1, 0.15) is 32.2 Å². The molecular formula is C18H10O7. The molecule has 124 valence electrons. The normalized spacial score (nSPS) is 30.9. The van der Waals surface area contributed by atoms with Crippen LogP contribution in [0, 0.1) is 0 Å². The molecule has 0 bridgehead atoms. The second kappa shape index (κ2) is 4.25. The van der Waals surface area contributed by atoms with Crippen LogP contribution in [0.5, 0.6) is 11.5 Å². The lowest BCUT2D eigenvalue weighted by Crippen LogP contribution is -2.53. The minimum Gasteiger partial charge on any atom is -0.507 e. The molecule has 2 N–H and O–H groups in total. The van der Waals surface area contributed by atoms with E-state index in [4.69, 9.17) is 9.47 Å². The minimum absolute atomic E-state index is 0.107. The van der Waals surface area contributed by atoms with Crippen LogP contribution in [-0.2, 0) is 9.53 Å². The third-order valence-electron chi connectivity index (χ3n) is 4.97. The Bertz CT molecular complexity index is 997. The standard InChI is InChI=1S/C18H10O7/c19-11-3-1-2-9-14(20)8-6-10-12(7-4-5-24-17(7)25-10)15(21)13(8)16(22)18(9,11)23/h1-7,17,21,23H/t7-,17+,18?/m0/s1. The van der Waals surface area contributed by atoms with Crippen LogP contribution in [0.15, 0.2) is 42.2 Å². The van der Waals surface area contributed by atoms with Gasteiger partial charge in [0.25, 0.3) is 6.29 Å². The third-order valence-corrected chi connectivity index (χ3v) is 4.97. The Labute approximate surface area is 140 Å². The van der Waals surface area contributed by atoms with Crippen molar-refractivity contribution in [2.24, 2.45) is 0 Å². The van der Waals surface area contributed by atoms with E-state index in [2.05, 4.69) is 0 Å². The summed E-state index contributed by atoms with van der Waals surface area (Å²) in [5.41, 5.74) is -3.11. The number of ether oxygens (including phenoxy) is 2. The van der Waals surface area contributed by atoms with Gasteiger partial charge in [0.1, 0.15) is 11.5 Å². The molecular weight excluding hydrogens is 328 g/mol. The van der Waals surface area contributed by atoms with E-state index in [0.29, 0.717) is 5.56 Å². The first-order valence-electron chi connectivity index (χ1n) is 7.58. The molecule has 1 unspecified atom stereocenters. The molecule has 2 aliphatic carbocycles. The summed E-state index contributed by atoms with van der Waals surface area (Å²) in [4.78, 5) is 37.8. The molecule has 0 radical (unpaired) electrons. The third kappa shape index (κ3) is 1.47. The number of phenolic OH excluding ortho intramolecular Hbond substituents is 1. The number of hydrogen-bond acceptors (Lipinski definition) is 7. The van der Waals surface area contributed by atoms with Crippen molar-refractivity contribution in [3.8, 4) is 11.5 Å². The number of allylic oxidation sites excluding steroid dienone is 2. The Hall–Kier alpha value is -3.19. The average Bonchev–Trinajstić information content (AvgIpc) is 3.15. The van der Waals surface area contributed by atoms with E-state index in [1.165, 1.54) is 24.5 Å². The first-order chi connectivity index (χ1) is 11.9. The van der Waals surface area contributed by atoms with Gasteiger partial charge in [0.15, 0.2) is 11.6 Å². The van der Waals surface area contributed by atoms with Crippen molar-refractivity contribution < 1.29 is 34.1 Å². The van der Waals surface area contributed by atoms with Crippen molar-refractivity contribution >= 4 is 17.3 Å². The summed E-state index contributed by atoms with van der Waals surface area (Å²) >= 11 is 0. The second-order valence-electron chi connectivity index (χ2n) is 6.21. The SMILES string of the molecule is O=C1C2=CC=CC(=O)C2(O)C(=O)c2c1cc1c(c2O)[C@@H]2C=CO[C@@H]2O1. The first-order valence-corrected chi connectivity index (χ1v) is 7.58. The molecule has 25 heavy (non-hydrogen) atoms. The number of benzene rings is 1. The molecule has 3 atom stereocenters. The van der Waals surface area contributed by atoms with E-state index in [1.54, 1.807) is 6.08 Å². The molecule has 0 aromatic heterocycles. The van der Waals surface area contributed by atoms with Crippen molar-refractivity contribution in [2.75, 3.05) is 0 Å². The predicted octanol–water partition coefficient (Wildman–Crippen LogP) is 0.914. The van der Waals surface area contributed by atoms with Gasteiger partial charge in [-0.05, 0) is 18.2 Å². The van der Waals surface area contributed by atoms with Gasteiger partial charge in [0, 0.05) is 11.1 Å². The summed E-state index contributed by atoms with van der Waals surface area (Å²) in [6.45, 7) is 0. The van der Waals surface area contributed by atoms with Crippen molar-refractivity contribution in [2.45, 2.75) is 17.8 Å². The van der Waals surface area contributed by atoms with Crippen LogP contribution in [0.25, 0.3) is 0 Å². The lowest BCUT2D eigenvalue weighted by molar-refractivity contribution is -0.125. The van der Waals surface area contributed by atoms with Gasteiger partial charge in [-0.1, -0.05) is 12.2 Å². The Morgan fingerprint density at radius 3 is 2.80 bits per heavy atom. The van der Waals surface area contributed by atoms with Crippen LogP contribution in [0.2, 0.25) is 0 Å². The van der Waals surface area contributed by atoms with Crippen LogP contribution in [0.4, 0.5) is 0 Å². The number of aromatic hydroxyl groups is 1. The largest absolute Gasteiger partial charge is 0.507 e. The molecule has 2 aliphatic heterocycles. The average molecular weight is 338 g/mol. The number of aliphatic hydroxyl groups is 1. The second-order valence-corrected chi connectivity index (χ2v) is 6.21. The first kappa shape index (κ1) is 14.2. The van der Waals surface area contributed by atoms with Crippen molar-refractivity contribution in [1.29, 1.82) is 0 Å². The zero-order valence-corrected chi connectivity index (χ0v) is 12.6. The van der Waals surface area contributed by atoms with Gasteiger partial charge < -0.3 is 19.7 Å². The fraction of sp³-hybridized carbons (Fsp3) is 0.167. The fourth-order valence-corrected chi connectivity index (χ4v) is 3.74. The van der Waals surface area contributed by atoms with E-state index in [0.717, 1.165) is 6.08 Å². The van der Waals surface area contributed by atoms with Gasteiger partial charge in [-0.3, -0.25) is 14.4 Å². The summed E-state index contributed by atoms with van der Waals surface area (Å²) < 4.78 is 10.8. The van der Waals surface area contributed by atoms with Crippen molar-refractivity contribution in [1.82, 2.24) is 0 Å². The number of carbonyl (C=O) groups is 3. The molecule has 0 saturated heterocycles. The van der Waals surface area contributed by atoms with Crippen LogP contribution in [0.3, 0.4) is 0 Å². The Kier molecular flexibility index (Phi) is 2.41. The summed E-state index contributed by atoms with van der Waals surface area (Å²) in [5.74, 6) is -3.30. The molecule has 0 spiro atoms. The number of Topliss-reactive ketones (excluding diaryl/α,β-unsaturated/α-hetero) is 2. The minimum atomic E-state index is -2.61. The van der Waals surface area contributed by atoms with E-state index >= 15 is 0 Å². The summed E-state index contributed by atoms with van der Waals surface area (Å²) in [7, 11) is 0. The highest BCUT2D eigenvalue weighted by Gasteiger charge is 2.56. The maximum atomic E-state index is 12.9. The van der Waals surface area contributed by atoms with Crippen molar-refractivity contribution in [3.05, 3.63) is 58.9 Å². The molecule has 1 aromatic rings. The summed E-state index contributed by atoms with van der Waals surface area (Å²) in [6, 6.07) is 1.35. The maximum Gasteiger partial charge on any atom is 0.250 e. The molecule has 5 rings (SSSR count). The fourth-order valence-electron chi connectivity index (χ4n) is 3.74. The number of phenols is 1. The lowest BCUT2D eigenvalue weighted by atomic mass is 9.70. The van der Waals surface area contributed by atoms with E-state index in [1.807, 2.05) is 0 Å². The molecule has 1 aromatic carbocycles. The van der Waals surface area contributed by atoms with E-state index in [9.17, 15) is 24.6 Å². The number of fused-ring (bicyclic) bond motifs is 5. The number of carbonyl (C=O) groups excluding carboxylic acids is 3. The quantitative estimate of drug-likeness (QED) is 0.677. The zero-order valence-electron chi connectivity index (χ0n) is 12.6. The van der Waals surface area contributed by atoms with Crippen LogP contribution in [-0.4, -0.2) is 39.5 Å². The molecule has 0 saturated carbocycles. The highest BCUT2D eigenvalue weighted by atomic mass is 16.7. The van der Waals surface area contributed by atoms with E-state index in [-0.39, 0.29) is 22.4 Å². The Balaban J connectivity index is 1.81. The highest BCUT2D eigenvalue weighted by Crippen LogP contribution is 2.51. The molecule has 0 amide bonds. The molecule has 4 aliphatic rings. The van der Waals surface area contributed by atoms with E-state index < -0.39 is 40.9 Å². The van der Waals surface area contributed by atoms with Gasteiger partial charge in [-0.15, -0.1) is 0 Å². The van der Waals surface area contributed by atoms with Gasteiger partial charge >= 0.3 is 0 Å². The molecule has 7 heteroatoms. The van der Waals surface area contributed by atoms with Crippen molar-refractivity contribution in [3.63, 3.8) is 0 Å². The summed E-state index contributed by atoms with van der Waals surface area (Å²) in [6.07, 6.45) is 5.96. The topological polar surface area (TPSA) is 110 Å². The Morgan fingerprint density at radius 2 is 2.00 bits per heavy atom. The maximum absolute atomic E-state index is 12.9. The predicted molar refractivity (Wildman–Crippen MR) is 81.3 cm³/mol. The smallest absolute Gasteiger partial charge is 0.250 e. The zero-order chi connectivity index (χ0) is 17.5. The van der Waals surface area contributed by atoms with Gasteiger partial charge in [0.2, 0.25) is 11.4 Å². The summed E-state index contributed by atoms with van der Waals surface area (Å²) in [5, 5.41) is 21.4. The number of hydrogen-bond donors (Lipinski definition) is 2. The Morgan fingerprint density at radius 1 is 1.20 bits per heavy atom. The van der Waals surface area contributed by atoms with Gasteiger partial charge in [-0.25, -0.2) is 0 Å². The van der Waals surface area contributed by atoms with Crippen LogP contribution < -0.4 is 4.74 Å². The number of rotatable bonds is 0.